The van der Waals surface area contributed by atoms with Gasteiger partial charge < -0.3 is 4.52 Å². The van der Waals surface area contributed by atoms with E-state index in [0.717, 1.165) is 10.2 Å². The topological polar surface area (TPSA) is 66.7 Å². The van der Waals surface area contributed by atoms with Crippen LogP contribution in [-0.2, 0) is 16.8 Å². The van der Waals surface area contributed by atoms with Gasteiger partial charge in [-0.2, -0.15) is 17.0 Å². The van der Waals surface area contributed by atoms with Gasteiger partial charge in [-0.05, 0) is 22.9 Å². The second-order valence-corrected chi connectivity index (χ2v) is 6.50. The van der Waals surface area contributed by atoms with Crippen molar-refractivity contribution in [1.82, 2.24) is 13.8 Å². The molecule has 0 aliphatic carbocycles. The molecule has 16 heavy (non-hydrogen) atoms. The van der Waals surface area contributed by atoms with Gasteiger partial charge in [0.2, 0.25) is 0 Å². The van der Waals surface area contributed by atoms with Crippen molar-refractivity contribution in [2.24, 2.45) is 0 Å². The quantitative estimate of drug-likeness (QED) is 0.808. The molecule has 2 rings (SSSR count). The van der Waals surface area contributed by atoms with E-state index < -0.39 is 10.2 Å². The number of halogens is 1. The third-order valence-electron chi connectivity index (χ3n) is 2.56. The third-order valence-corrected chi connectivity index (χ3v) is 5.51. The summed E-state index contributed by atoms with van der Waals surface area (Å²) in [5, 5.41) is 3.77. The standard InChI is InChI=1S/C8H12BrN3O3S/c1-6-8(9)7(15-10-6)5-12-4-3-11(2)16(12,13)14/h3-5H2,1-2H3. The molecule has 0 aromatic carbocycles. The van der Waals surface area contributed by atoms with E-state index in [0.29, 0.717) is 18.8 Å². The van der Waals surface area contributed by atoms with Crippen LogP contribution in [0.25, 0.3) is 0 Å². The van der Waals surface area contributed by atoms with Crippen molar-refractivity contribution >= 4 is 26.1 Å². The largest absolute Gasteiger partial charge is 0.358 e. The summed E-state index contributed by atoms with van der Waals surface area (Å²) in [7, 11) is -1.75. The van der Waals surface area contributed by atoms with Crippen LogP contribution in [0, 0.1) is 6.92 Å². The first-order chi connectivity index (χ1) is 7.43. The Labute approximate surface area is 102 Å². The maximum atomic E-state index is 11.8. The van der Waals surface area contributed by atoms with Crippen LogP contribution in [0.15, 0.2) is 9.00 Å². The minimum Gasteiger partial charge on any atom is -0.358 e. The molecule has 0 spiro atoms. The molecule has 1 saturated heterocycles. The Balaban J connectivity index is 2.21. The van der Waals surface area contributed by atoms with E-state index in [1.807, 2.05) is 0 Å². The number of hydrogen-bond acceptors (Lipinski definition) is 4. The molecule has 1 aromatic rings. The Bertz CT molecular complexity index is 499. The van der Waals surface area contributed by atoms with Crippen molar-refractivity contribution in [1.29, 1.82) is 0 Å². The van der Waals surface area contributed by atoms with Crippen molar-refractivity contribution in [3.8, 4) is 0 Å². The van der Waals surface area contributed by atoms with Crippen molar-refractivity contribution in [3.63, 3.8) is 0 Å². The van der Waals surface area contributed by atoms with Gasteiger partial charge >= 0.3 is 0 Å². The number of nitrogens with zero attached hydrogens (tertiary/aromatic N) is 3. The Morgan fingerprint density at radius 2 is 2.19 bits per heavy atom. The second kappa shape index (κ2) is 4.10. The van der Waals surface area contributed by atoms with Gasteiger partial charge in [0.15, 0.2) is 5.76 Å². The highest BCUT2D eigenvalue weighted by Crippen LogP contribution is 2.25. The van der Waals surface area contributed by atoms with Crippen molar-refractivity contribution < 1.29 is 12.9 Å². The number of likely N-dealkylation sites (N-methyl/N-ethyl adjacent to an activating group) is 1. The molecule has 1 fully saturated rings. The van der Waals surface area contributed by atoms with E-state index in [2.05, 4.69) is 21.1 Å². The molecule has 6 nitrogen and oxygen atoms in total. The number of hydrogen-bond donors (Lipinski definition) is 0. The summed E-state index contributed by atoms with van der Waals surface area (Å²) in [5.41, 5.74) is 0.722. The molecule has 0 amide bonds. The average molecular weight is 310 g/mol. The van der Waals surface area contributed by atoms with Crippen LogP contribution in [0.1, 0.15) is 11.5 Å². The molecule has 90 valence electrons. The van der Waals surface area contributed by atoms with E-state index in [1.165, 1.54) is 8.61 Å². The Morgan fingerprint density at radius 3 is 2.62 bits per heavy atom. The minimum atomic E-state index is -3.31. The van der Waals surface area contributed by atoms with Gasteiger partial charge in [-0.15, -0.1) is 0 Å². The van der Waals surface area contributed by atoms with Gasteiger partial charge in [0, 0.05) is 20.1 Å². The first kappa shape index (κ1) is 12.0. The van der Waals surface area contributed by atoms with Crippen LogP contribution in [0.2, 0.25) is 0 Å². The molecule has 0 N–H and O–H groups in total. The van der Waals surface area contributed by atoms with Crippen molar-refractivity contribution in [2.75, 3.05) is 20.1 Å². The Hall–Kier alpha value is -0.440. The van der Waals surface area contributed by atoms with Crippen molar-refractivity contribution in [3.05, 3.63) is 15.9 Å². The summed E-state index contributed by atoms with van der Waals surface area (Å²) in [5.74, 6) is 0.538. The predicted octanol–water partition coefficient (Wildman–Crippen LogP) is 0.738. The van der Waals surface area contributed by atoms with Gasteiger partial charge in [-0.1, -0.05) is 5.16 Å². The lowest BCUT2D eigenvalue weighted by atomic mass is 10.4. The van der Waals surface area contributed by atoms with Gasteiger partial charge in [-0.25, -0.2) is 0 Å². The van der Waals surface area contributed by atoms with E-state index >= 15 is 0 Å². The second-order valence-electron chi connectivity index (χ2n) is 3.67. The zero-order chi connectivity index (χ0) is 11.9. The minimum absolute atomic E-state index is 0.216. The summed E-state index contributed by atoms with van der Waals surface area (Å²) < 4.78 is 32.1. The zero-order valence-corrected chi connectivity index (χ0v) is 11.4. The molecule has 8 heteroatoms. The molecular formula is C8H12BrN3O3S. The fourth-order valence-corrected chi connectivity index (χ4v) is 3.07. The first-order valence-electron chi connectivity index (χ1n) is 4.75. The van der Waals surface area contributed by atoms with Crippen LogP contribution < -0.4 is 0 Å². The molecule has 0 bridgehead atoms. The first-order valence-corrected chi connectivity index (χ1v) is 6.94. The summed E-state index contributed by atoms with van der Waals surface area (Å²) in [6, 6.07) is 0. The number of rotatable bonds is 2. The zero-order valence-electron chi connectivity index (χ0n) is 8.97. The monoisotopic (exact) mass is 309 g/mol. The SMILES string of the molecule is Cc1noc(CN2CCN(C)S2(=O)=O)c1Br. The van der Waals surface area contributed by atoms with Gasteiger partial charge in [0.1, 0.15) is 0 Å². The van der Waals surface area contributed by atoms with E-state index in [9.17, 15) is 8.42 Å². The van der Waals surface area contributed by atoms with Gasteiger partial charge in [-0.3, -0.25) is 0 Å². The third kappa shape index (κ3) is 1.90. The summed E-state index contributed by atoms with van der Waals surface area (Å²) in [6.45, 7) is 2.99. The van der Waals surface area contributed by atoms with Crippen LogP contribution in [-0.4, -0.2) is 42.3 Å². The fraction of sp³-hybridized carbons (Fsp3) is 0.625. The Morgan fingerprint density at radius 1 is 1.50 bits per heavy atom. The van der Waals surface area contributed by atoms with Crippen LogP contribution >= 0.6 is 15.9 Å². The van der Waals surface area contributed by atoms with Crippen LogP contribution in [0.3, 0.4) is 0 Å². The molecule has 0 saturated carbocycles. The lowest BCUT2D eigenvalue weighted by Crippen LogP contribution is -2.30. The molecule has 0 radical (unpaired) electrons. The highest BCUT2D eigenvalue weighted by molar-refractivity contribution is 9.10. The molecule has 0 unspecified atom stereocenters. The normalized spacial score (nSPS) is 21.7. The number of aromatic nitrogens is 1. The molecule has 0 atom stereocenters. The van der Waals surface area contributed by atoms with Crippen LogP contribution in [0.4, 0.5) is 0 Å². The fourth-order valence-electron chi connectivity index (χ4n) is 1.50. The van der Waals surface area contributed by atoms with Crippen molar-refractivity contribution in [2.45, 2.75) is 13.5 Å². The molecular weight excluding hydrogens is 298 g/mol. The molecule has 1 aliphatic heterocycles. The van der Waals surface area contributed by atoms with E-state index in [1.54, 1.807) is 14.0 Å². The lowest BCUT2D eigenvalue weighted by Gasteiger charge is -2.13. The van der Waals surface area contributed by atoms with Gasteiger partial charge in [0.05, 0.1) is 16.7 Å². The number of aryl methyl sites for hydroxylation is 1. The van der Waals surface area contributed by atoms with Crippen LogP contribution in [0.5, 0.6) is 0 Å². The predicted molar refractivity (Wildman–Crippen MR) is 60.9 cm³/mol. The smallest absolute Gasteiger partial charge is 0.282 e. The molecule has 2 heterocycles. The summed E-state index contributed by atoms with van der Waals surface area (Å²) in [4.78, 5) is 0. The van der Waals surface area contributed by atoms with E-state index in [4.69, 9.17) is 4.52 Å². The lowest BCUT2D eigenvalue weighted by molar-refractivity contribution is 0.332. The average Bonchev–Trinajstić information content (AvgIpc) is 2.65. The Kier molecular flexibility index (Phi) is 3.08. The summed E-state index contributed by atoms with van der Waals surface area (Å²) in [6.07, 6.45) is 0. The highest BCUT2D eigenvalue weighted by atomic mass is 79.9. The van der Waals surface area contributed by atoms with Gasteiger partial charge in [0.25, 0.3) is 10.2 Å². The van der Waals surface area contributed by atoms with E-state index in [-0.39, 0.29) is 6.54 Å². The maximum absolute atomic E-state index is 11.8. The maximum Gasteiger partial charge on any atom is 0.282 e. The molecule has 1 aliphatic rings. The molecule has 1 aromatic heterocycles. The summed E-state index contributed by atoms with van der Waals surface area (Å²) >= 11 is 3.32. The highest BCUT2D eigenvalue weighted by Gasteiger charge is 2.34.